The van der Waals surface area contributed by atoms with E-state index >= 15 is 0 Å². The minimum Gasteiger partial charge on any atom is -0.491 e. The SMILES string of the molecule is COc1cnc(Nc2ccc3c(c2)CC(=O)N3)nc1NCCc1ccccn1.COc1cnc(Nc2ccc3c(c2)CC(=O)N3)nc1NCc1ccccn1. The molecular formula is C39H38N12O4. The molecule has 55 heavy (non-hydrogen) atoms. The number of anilines is 8. The van der Waals surface area contributed by atoms with E-state index < -0.39 is 0 Å². The first-order valence-electron chi connectivity index (χ1n) is 17.4. The van der Waals surface area contributed by atoms with Gasteiger partial charge in [-0.2, -0.15) is 9.97 Å². The number of methoxy groups -OCH3 is 2. The molecule has 4 aromatic heterocycles. The second kappa shape index (κ2) is 17.0. The third kappa shape index (κ3) is 9.36. The van der Waals surface area contributed by atoms with Crippen molar-refractivity contribution in [1.82, 2.24) is 29.9 Å². The number of pyridine rings is 2. The number of nitrogens with zero attached hydrogens (tertiary/aromatic N) is 6. The van der Waals surface area contributed by atoms with Crippen LogP contribution in [0.25, 0.3) is 0 Å². The van der Waals surface area contributed by atoms with E-state index in [0.29, 0.717) is 61.0 Å². The quantitative estimate of drug-likeness (QED) is 0.0867. The van der Waals surface area contributed by atoms with E-state index in [2.05, 4.69) is 61.8 Å². The Morgan fingerprint density at radius 3 is 1.67 bits per heavy atom. The molecular weight excluding hydrogens is 701 g/mol. The molecule has 2 aromatic carbocycles. The topological polar surface area (TPSA) is 202 Å². The van der Waals surface area contributed by atoms with Crippen molar-refractivity contribution in [1.29, 1.82) is 0 Å². The average Bonchev–Trinajstić information content (AvgIpc) is 3.78. The Bertz CT molecular complexity index is 2290. The molecule has 2 amide bonds. The van der Waals surface area contributed by atoms with Gasteiger partial charge in [-0.05, 0) is 71.8 Å². The molecule has 0 fully saturated rings. The van der Waals surface area contributed by atoms with Crippen LogP contribution in [0, 0.1) is 0 Å². The molecule has 0 spiro atoms. The molecule has 0 bridgehead atoms. The molecule has 0 atom stereocenters. The van der Waals surface area contributed by atoms with Crippen LogP contribution in [0.15, 0.2) is 97.6 Å². The lowest BCUT2D eigenvalue weighted by atomic mass is 10.1. The standard InChI is InChI=1S/C20H20N6O2.C19H18N6O2/c1-28-17-12-23-20(24-15-5-6-16-13(10-15)11-18(27)25-16)26-19(17)22-9-7-14-4-2-3-8-21-14;1-27-16-11-22-19(25-18(16)21-10-14-4-2-3-7-20-14)23-13-5-6-15-12(8-13)9-17(26)24-15/h2-6,8,10,12H,7,9,11H2,1H3,(H,25,27)(H2,22,23,24,26);2-8,11H,9-10H2,1H3,(H,24,26)(H2,21,22,23,25). The minimum atomic E-state index is 0.00357. The number of carbonyl (C=O) groups is 2. The second-order valence-electron chi connectivity index (χ2n) is 12.3. The molecule has 0 saturated heterocycles. The Morgan fingerprint density at radius 1 is 0.636 bits per heavy atom. The van der Waals surface area contributed by atoms with Crippen LogP contribution in [-0.2, 0) is 35.4 Å². The zero-order valence-electron chi connectivity index (χ0n) is 30.1. The van der Waals surface area contributed by atoms with E-state index in [9.17, 15) is 9.59 Å². The van der Waals surface area contributed by atoms with Crippen LogP contribution in [0.5, 0.6) is 11.5 Å². The van der Waals surface area contributed by atoms with Crippen molar-refractivity contribution in [2.24, 2.45) is 0 Å². The van der Waals surface area contributed by atoms with E-state index in [4.69, 9.17) is 9.47 Å². The zero-order valence-corrected chi connectivity index (χ0v) is 30.1. The Kier molecular flexibility index (Phi) is 11.1. The Balaban J connectivity index is 0.000000169. The summed E-state index contributed by atoms with van der Waals surface area (Å²) < 4.78 is 10.7. The highest BCUT2D eigenvalue weighted by Gasteiger charge is 2.19. The molecule has 0 unspecified atom stereocenters. The number of ether oxygens (including phenoxy) is 2. The molecule has 6 N–H and O–H groups in total. The van der Waals surface area contributed by atoms with Gasteiger partial charge in [0, 0.05) is 53.8 Å². The smallest absolute Gasteiger partial charge is 0.229 e. The van der Waals surface area contributed by atoms with Crippen LogP contribution >= 0.6 is 0 Å². The predicted octanol–water partition coefficient (Wildman–Crippen LogP) is 5.50. The zero-order chi connectivity index (χ0) is 38.0. The highest BCUT2D eigenvalue weighted by Crippen LogP contribution is 2.30. The maximum atomic E-state index is 11.5. The average molecular weight is 739 g/mol. The van der Waals surface area contributed by atoms with E-state index in [1.54, 1.807) is 39.0 Å². The molecule has 8 rings (SSSR count). The van der Waals surface area contributed by atoms with Gasteiger partial charge in [-0.1, -0.05) is 12.1 Å². The summed E-state index contributed by atoms with van der Waals surface area (Å²) in [6, 6.07) is 22.9. The van der Waals surface area contributed by atoms with Gasteiger partial charge in [0.2, 0.25) is 23.7 Å². The number of fused-ring (bicyclic) bond motifs is 2. The lowest BCUT2D eigenvalue weighted by Gasteiger charge is -2.12. The molecule has 16 nitrogen and oxygen atoms in total. The fraction of sp³-hybridized carbons (Fsp3) is 0.179. The largest absolute Gasteiger partial charge is 0.491 e. The molecule has 2 aliphatic heterocycles. The third-order valence-electron chi connectivity index (χ3n) is 8.49. The van der Waals surface area contributed by atoms with Crippen LogP contribution in [0.2, 0.25) is 0 Å². The van der Waals surface area contributed by atoms with Crippen LogP contribution in [0.3, 0.4) is 0 Å². The van der Waals surface area contributed by atoms with Gasteiger partial charge in [0.25, 0.3) is 0 Å². The van der Waals surface area contributed by atoms with E-state index in [1.807, 2.05) is 72.8 Å². The van der Waals surface area contributed by atoms with Crippen molar-refractivity contribution in [3.05, 3.63) is 120 Å². The van der Waals surface area contributed by atoms with Gasteiger partial charge in [0.15, 0.2) is 23.1 Å². The number of hydrogen-bond acceptors (Lipinski definition) is 14. The highest BCUT2D eigenvalue weighted by atomic mass is 16.5. The molecule has 6 aromatic rings. The summed E-state index contributed by atoms with van der Waals surface area (Å²) in [6.07, 6.45) is 8.28. The summed E-state index contributed by atoms with van der Waals surface area (Å²) in [6.45, 7) is 1.18. The summed E-state index contributed by atoms with van der Waals surface area (Å²) in [5.41, 5.74) is 7.13. The third-order valence-corrected chi connectivity index (χ3v) is 8.49. The van der Waals surface area contributed by atoms with Gasteiger partial charge in [0.05, 0.1) is 51.7 Å². The maximum Gasteiger partial charge on any atom is 0.229 e. The molecule has 0 aliphatic carbocycles. The molecule has 6 heterocycles. The first kappa shape index (κ1) is 36.0. The van der Waals surface area contributed by atoms with Gasteiger partial charge in [-0.25, -0.2) is 9.97 Å². The monoisotopic (exact) mass is 738 g/mol. The van der Waals surface area contributed by atoms with Crippen molar-refractivity contribution in [3.8, 4) is 11.5 Å². The van der Waals surface area contributed by atoms with Crippen LogP contribution in [-0.4, -0.2) is 62.5 Å². The minimum absolute atomic E-state index is 0.00357. The first-order valence-corrected chi connectivity index (χ1v) is 17.4. The van der Waals surface area contributed by atoms with Crippen molar-refractivity contribution in [3.63, 3.8) is 0 Å². The normalized spacial score (nSPS) is 12.3. The van der Waals surface area contributed by atoms with E-state index in [-0.39, 0.29) is 11.8 Å². The number of aromatic nitrogens is 6. The lowest BCUT2D eigenvalue weighted by molar-refractivity contribution is -0.115. The predicted molar refractivity (Wildman–Crippen MR) is 209 cm³/mol. The van der Waals surface area contributed by atoms with Gasteiger partial charge >= 0.3 is 0 Å². The summed E-state index contributed by atoms with van der Waals surface area (Å²) in [7, 11) is 3.16. The fourth-order valence-electron chi connectivity index (χ4n) is 5.82. The van der Waals surface area contributed by atoms with Crippen molar-refractivity contribution in [2.75, 3.05) is 52.7 Å². The second-order valence-corrected chi connectivity index (χ2v) is 12.3. The number of benzene rings is 2. The lowest BCUT2D eigenvalue weighted by Crippen LogP contribution is -2.10. The summed E-state index contributed by atoms with van der Waals surface area (Å²) >= 11 is 0. The van der Waals surface area contributed by atoms with E-state index in [1.165, 1.54) is 0 Å². The van der Waals surface area contributed by atoms with E-state index in [0.717, 1.165) is 51.7 Å². The number of nitrogens with one attached hydrogen (secondary N) is 6. The van der Waals surface area contributed by atoms with Gasteiger partial charge in [-0.15, -0.1) is 0 Å². The van der Waals surface area contributed by atoms with Gasteiger partial charge in [-0.3, -0.25) is 19.6 Å². The number of rotatable bonds is 13. The first-order chi connectivity index (χ1) is 26.9. The van der Waals surface area contributed by atoms with Crippen LogP contribution in [0.1, 0.15) is 22.5 Å². The molecule has 16 heteroatoms. The van der Waals surface area contributed by atoms with Crippen molar-refractivity contribution in [2.45, 2.75) is 25.8 Å². The molecule has 278 valence electrons. The molecule has 0 radical (unpaired) electrons. The summed E-state index contributed by atoms with van der Waals surface area (Å²) in [5, 5.41) is 18.5. The highest BCUT2D eigenvalue weighted by molar-refractivity contribution is 6.00. The summed E-state index contributed by atoms with van der Waals surface area (Å²) in [5.74, 6) is 3.16. The van der Waals surface area contributed by atoms with Crippen molar-refractivity contribution >= 4 is 58.1 Å². The maximum absolute atomic E-state index is 11.5. The number of carbonyl (C=O) groups excluding carboxylic acids is 2. The fourth-order valence-corrected chi connectivity index (χ4v) is 5.82. The molecule has 0 saturated carbocycles. The van der Waals surface area contributed by atoms with Crippen LogP contribution in [0.4, 0.5) is 46.3 Å². The Labute approximate surface area is 316 Å². The van der Waals surface area contributed by atoms with Crippen LogP contribution < -0.4 is 41.4 Å². The van der Waals surface area contributed by atoms with Gasteiger partial charge in [0.1, 0.15) is 0 Å². The number of amides is 2. The number of hydrogen-bond donors (Lipinski definition) is 6. The Hall–Kier alpha value is -7.36. The molecule has 2 aliphatic rings. The van der Waals surface area contributed by atoms with Gasteiger partial charge < -0.3 is 41.4 Å². The Morgan fingerprint density at radius 2 is 1.16 bits per heavy atom. The van der Waals surface area contributed by atoms with Crippen molar-refractivity contribution < 1.29 is 19.1 Å². The summed E-state index contributed by atoms with van der Waals surface area (Å²) in [4.78, 5) is 49.2.